The number of alkyl halides is 6. The number of hydrogen-bond acceptors (Lipinski definition) is 4. The first kappa shape index (κ1) is 29.3. The van der Waals surface area contributed by atoms with Crippen molar-refractivity contribution in [2.75, 3.05) is 33.3 Å². The third-order valence-corrected chi connectivity index (χ3v) is 6.37. The van der Waals surface area contributed by atoms with E-state index in [1.807, 2.05) is 24.3 Å². The van der Waals surface area contributed by atoms with Gasteiger partial charge in [0.25, 0.3) is 5.91 Å². The van der Waals surface area contributed by atoms with E-state index in [4.69, 9.17) is 4.74 Å². The van der Waals surface area contributed by atoms with Crippen molar-refractivity contribution in [1.29, 1.82) is 0 Å². The first-order valence-electron chi connectivity index (χ1n) is 11.3. The lowest BCUT2D eigenvalue weighted by molar-refractivity contribution is -0.143. The van der Waals surface area contributed by atoms with Crippen molar-refractivity contribution in [2.24, 2.45) is 0 Å². The van der Waals surface area contributed by atoms with Crippen molar-refractivity contribution in [2.45, 2.75) is 24.8 Å². The number of H-pyrrole nitrogens is 1. The van der Waals surface area contributed by atoms with Crippen LogP contribution in [0.2, 0.25) is 0 Å². The summed E-state index contributed by atoms with van der Waals surface area (Å²) in [7, 11) is 1.23. The maximum absolute atomic E-state index is 13.4. The van der Waals surface area contributed by atoms with Crippen molar-refractivity contribution in [3.63, 3.8) is 0 Å². The summed E-state index contributed by atoms with van der Waals surface area (Å²) in [5.74, 6) is -1.45. The third-order valence-electron chi connectivity index (χ3n) is 6.37. The summed E-state index contributed by atoms with van der Waals surface area (Å²) in [6.07, 6.45) is -8.13. The van der Waals surface area contributed by atoms with Crippen molar-refractivity contribution in [1.82, 2.24) is 14.8 Å². The SMILES string of the molecule is COC(=O)CN1CCN(C(=O)c2cc(C(F)(F)F)cc(C(F)(F)F)c2)[C@H](Cc2c[nH]c3ccccc23)C1.Cl. The Morgan fingerprint density at radius 2 is 1.63 bits per heavy atom. The van der Waals surface area contributed by atoms with Crippen LogP contribution in [-0.4, -0.2) is 66.0 Å². The van der Waals surface area contributed by atoms with E-state index in [2.05, 4.69) is 4.98 Å². The molecule has 1 amide bonds. The molecule has 0 bridgehead atoms. The molecule has 1 aromatic heterocycles. The molecule has 1 aliphatic rings. The van der Waals surface area contributed by atoms with E-state index in [1.54, 1.807) is 11.1 Å². The lowest BCUT2D eigenvalue weighted by Gasteiger charge is -2.41. The fourth-order valence-electron chi connectivity index (χ4n) is 4.55. The predicted octanol–water partition coefficient (Wildman–Crippen LogP) is 5.17. The summed E-state index contributed by atoms with van der Waals surface area (Å²) in [6.45, 7) is 0.299. The van der Waals surface area contributed by atoms with E-state index < -0.39 is 47.0 Å². The molecular weight excluding hydrogens is 540 g/mol. The summed E-state index contributed by atoms with van der Waals surface area (Å²) in [5.41, 5.74) is -2.15. The molecule has 6 nitrogen and oxygen atoms in total. The number of nitrogens with one attached hydrogen (secondary N) is 1. The highest BCUT2D eigenvalue weighted by Gasteiger charge is 2.39. The molecule has 38 heavy (non-hydrogen) atoms. The van der Waals surface area contributed by atoms with Gasteiger partial charge >= 0.3 is 18.3 Å². The summed E-state index contributed by atoms with van der Waals surface area (Å²) < 4.78 is 85.0. The largest absolute Gasteiger partial charge is 0.468 e. The molecule has 0 radical (unpaired) electrons. The maximum Gasteiger partial charge on any atom is 0.416 e. The van der Waals surface area contributed by atoms with Gasteiger partial charge < -0.3 is 14.6 Å². The van der Waals surface area contributed by atoms with Gasteiger partial charge in [0.1, 0.15) is 0 Å². The van der Waals surface area contributed by atoms with Crippen LogP contribution in [-0.2, 0) is 28.3 Å². The minimum Gasteiger partial charge on any atom is -0.468 e. The monoisotopic (exact) mass is 563 g/mol. The Labute approximate surface area is 219 Å². The van der Waals surface area contributed by atoms with Crippen LogP contribution < -0.4 is 0 Å². The standard InChI is InChI=1S/C25H23F6N3O3.ClH/c1-37-22(35)14-33-6-7-34(19(13-33)10-16-12-32-21-5-3-2-4-20(16)21)23(36)15-8-17(24(26,27)28)11-18(9-15)25(29,30)31;/h2-5,8-9,11-12,19,32H,6-7,10,13-14H2,1H3;1H/t19-;/m1./s1. The number of aromatic amines is 1. The highest BCUT2D eigenvalue weighted by molar-refractivity contribution is 5.95. The topological polar surface area (TPSA) is 65.6 Å². The van der Waals surface area contributed by atoms with Crippen LogP contribution in [0.4, 0.5) is 26.3 Å². The number of fused-ring (bicyclic) bond motifs is 1. The minimum absolute atomic E-state index is 0. The number of carbonyl (C=O) groups excluding carboxylic acids is 2. The summed E-state index contributed by atoms with van der Waals surface area (Å²) >= 11 is 0. The number of para-hydroxylation sites is 1. The van der Waals surface area contributed by atoms with Crippen LogP contribution in [0.3, 0.4) is 0 Å². The minimum atomic E-state index is -5.07. The molecule has 1 atom stereocenters. The number of amides is 1. The molecule has 1 aliphatic heterocycles. The molecule has 1 N–H and O–H groups in total. The molecule has 206 valence electrons. The summed E-state index contributed by atoms with van der Waals surface area (Å²) in [4.78, 5) is 31.4. The van der Waals surface area contributed by atoms with Crippen molar-refractivity contribution < 1.29 is 40.7 Å². The Balaban J connectivity index is 0.00000400. The van der Waals surface area contributed by atoms with Gasteiger partial charge in [0.15, 0.2) is 0 Å². The van der Waals surface area contributed by atoms with Gasteiger partial charge in [-0.25, -0.2) is 0 Å². The van der Waals surface area contributed by atoms with Crippen LogP contribution in [0.25, 0.3) is 10.9 Å². The highest BCUT2D eigenvalue weighted by atomic mass is 35.5. The van der Waals surface area contributed by atoms with Crippen molar-refractivity contribution in [3.8, 4) is 0 Å². The Morgan fingerprint density at radius 1 is 1.00 bits per heavy atom. The van der Waals surface area contributed by atoms with Gasteiger partial charge in [0, 0.05) is 48.3 Å². The van der Waals surface area contributed by atoms with E-state index in [9.17, 15) is 35.9 Å². The average Bonchev–Trinajstić information content (AvgIpc) is 3.25. The zero-order valence-electron chi connectivity index (χ0n) is 20.0. The molecule has 0 spiro atoms. The van der Waals surface area contributed by atoms with Crippen LogP contribution in [0.1, 0.15) is 27.0 Å². The zero-order chi connectivity index (χ0) is 27.0. The van der Waals surface area contributed by atoms with Gasteiger partial charge in [0.05, 0.1) is 24.8 Å². The number of nitrogens with zero attached hydrogens (tertiary/aromatic N) is 2. The Hall–Kier alpha value is -3.25. The average molecular weight is 564 g/mol. The molecule has 0 unspecified atom stereocenters. The molecule has 0 saturated carbocycles. The number of methoxy groups -OCH3 is 1. The van der Waals surface area contributed by atoms with Crippen molar-refractivity contribution >= 4 is 35.2 Å². The van der Waals surface area contributed by atoms with Gasteiger partial charge in [-0.05, 0) is 36.2 Å². The fraction of sp³-hybridized carbons (Fsp3) is 0.360. The summed E-state index contributed by atoms with van der Waals surface area (Å²) in [6, 6.07) is 7.64. The van der Waals surface area contributed by atoms with Gasteiger partial charge in [-0.3, -0.25) is 14.5 Å². The number of ether oxygens (including phenoxy) is 1. The second-order valence-corrected chi connectivity index (χ2v) is 8.82. The number of hydrogen-bond donors (Lipinski definition) is 1. The molecule has 0 aliphatic carbocycles. The molecular formula is C25H24ClF6N3O3. The molecule has 2 heterocycles. The molecule has 13 heteroatoms. The van der Waals surface area contributed by atoms with Crippen molar-refractivity contribution in [3.05, 3.63) is 70.9 Å². The van der Waals surface area contributed by atoms with E-state index in [1.165, 1.54) is 12.0 Å². The number of esters is 1. The number of halogens is 7. The Kier molecular flexibility index (Phi) is 8.67. The number of carbonyl (C=O) groups is 2. The van der Waals surface area contributed by atoms with Crippen LogP contribution in [0.15, 0.2) is 48.7 Å². The second kappa shape index (κ2) is 11.2. The number of rotatable bonds is 5. The van der Waals surface area contributed by atoms with Gasteiger partial charge in [0.2, 0.25) is 0 Å². The maximum atomic E-state index is 13.4. The number of piperazine rings is 1. The van der Waals surface area contributed by atoms with E-state index >= 15 is 0 Å². The zero-order valence-corrected chi connectivity index (χ0v) is 20.8. The molecule has 4 rings (SSSR count). The summed E-state index contributed by atoms with van der Waals surface area (Å²) in [5, 5.41) is 0.874. The lowest BCUT2D eigenvalue weighted by Crippen LogP contribution is -2.56. The number of benzene rings is 2. The van der Waals surface area contributed by atoms with E-state index in [0.29, 0.717) is 12.1 Å². The number of aromatic nitrogens is 1. The Bertz CT molecular complexity index is 1280. The second-order valence-electron chi connectivity index (χ2n) is 8.82. The lowest BCUT2D eigenvalue weighted by atomic mass is 9.98. The normalized spacial score (nSPS) is 16.8. The molecule has 3 aromatic rings. The quantitative estimate of drug-likeness (QED) is 0.344. The van der Waals surface area contributed by atoms with Gasteiger partial charge in [-0.1, -0.05) is 18.2 Å². The predicted molar refractivity (Wildman–Crippen MR) is 129 cm³/mol. The Morgan fingerprint density at radius 3 is 2.24 bits per heavy atom. The van der Waals surface area contributed by atoms with E-state index in [0.717, 1.165) is 16.5 Å². The van der Waals surface area contributed by atoms with Crippen LogP contribution in [0, 0.1) is 0 Å². The fourth-order valence-corrected chi connectivity index (χ4v) is 4.55. The van der Waals surface area contributed by atoms with E-state index in [-0.39, 0.29) is 51.1 Å². The molecule has 1 fully saturated rings. The molecule has 1 saturated heterocycles. The van der Waals surface area contributed by atoms with Crippen LogP contribution in [0.5, 0.6) is 0 Å². The van der Waals surface area contributed by atoms with Gasteiger partial charge in [-0.2, -0.15) is 26.3 Å². The smallest absolute Gasteiger partial charge is 0.416 e. The molecule has 2 aromatic carbocycles. The van der Waals surface area contributed by atoms with Crippen LogP contribution >= 0.6 is 12.4 Å². The third kappa shape index (κ3) is 6.41. The van der Waals surface area contributed by atoms with Gasteiger partial charge in [-0.15, -0.1) is 12.4 Å². The highest BCUT2D eigenvalue weighted by Crippen LogP contribution is 2.37. The first-order chi connectivity index (χ1) is 17.4. The first-order valence-corrected chi connectivity index (χ1v) is 11.3.